The molecule has 0 radical (unpaired) electrons. The summed E-state index contributed by atoms with van der Waals surface area (Å²) in [5, 5.41) is 11.3. The molecule has 98 valence electrons. The van der Waals surface area contributed by atoms with Crippen LogP contribution in [-0.4, -0.2) is 11.7 Å². The van der Waals surface area contributed by atoms with Crippen molar-refractivity contribution in [3.05, 3.63) is 33.8 Å². The van der Waals surface area contributed by atoms with E-state index in [2.05, 4.69) is 0 Å². The molecule has 3 heteroatoms. The van der Waals surface area contributed by atoms with Crippen LogP contribution in [0, 0.1) is 17.3 Å². The van der Waals surface area contributed by atoms with Gasteiger partial charge in [0, 0.05) is 22.1 Å². The maximum absolute atomic E-state index is 9.88. The zero-order valence-corrected chi connectivity index (χ0v) is 11.8. The van der Waals surface area contributed by atoms with Crippen molar-refractivity contribution in [2.24, 2.45) is 17.3 Å². The smallest absolute Gasteiger partial charge is 0.0493 e. The molecule has 2 fully saturated rings. The Labute approximate surface area is 118 Å². The van der Waals surface area contributed by atoms with Crippen LogP contribution in [0.4, 0.5) is 0 Å². The van der Waals surface area contributed by atoms with Crippen LogP contribution in [0.5, 0.6) is 0 Å². The van der Waals surface area contributed by atoms with Gasteiger partial charge in [0.1, 0.15) is 0 Å². The molecule has 2 bridgehead atoms. The van der Waals surface area contributed by atoms with Gasteiger partial charge in [0.25, 0.3) is 0 Å². The second-order valence-electron chi connectivity index (χ2n) is 6.01. The lowest BCUT2D eigenvalue weighted by Crippen LogP contribution is -2.34. The first kappa shape index (κ1) is 12.8. The van der Waals surface area contributed by atoms with Crippen LogP contribution < -0.4 is 0 Å². The Hall–Kier alpha value is -0.240. The summed E-state index contributed by atoms with van der Waals surface area (Å²) in [6.45, 7) is 0.285. The molecular formula is C15H18Cl2O. The number of hydrogen-bond donors (Lipinski definition) is 1. The normalized spacial score (nSPS) is 34.2. The van der Waals surface area contributed by atoms with Gasteiger partial charge < -0.3 is 5.11 Å². The molecule has 0 amide bonds. The number of hydrogen-bond acceptors (Lipinski definition) is 1. The molecule has 0 aliphatic heterocycles. The van der Waals surface area contributed by atoms with E-state index >= 15 is 0 Å². The van der Waals surface area contributed by atoms with Gasteiger partial charge in [-0.05, 0) is 55.2 Å². The molecule has 1 N–H and O–H groups in total. The molecule has 2 aliphatic rings. The Balaban J connectivity index is 1.86. The summed E-state index contributed by atoms with van der Waals surface area (Å²) in [6, 6.07) is 5.70. The molecule has 0 saturated heterocycles. The van der Waals surface area contributed by atoms with Gasteiger partial charge in [0.05, 0.1) is 0 Å². The van der Waals surface area contributed by atoms with Gasteiger partial charge in [-0.15, -0.1) is 0 Å². The van der Waals surface area contributed by atoms with Crippen molar-refractivity contribution in [1.29, 1.82) is 0 Å². The summed E-state index contributed by atoms with van der Waals surface area (Å²) in [6.07, 6.45) is 5.97. The molecule has 1 aromatic rings. The van der Waals surface area contributed by atoms with E-state index in [1.54, 1.807) is 6.07 Å². The fourth-order valence-electron chi connectivity index (χ4n) is 4.07. The summed E-state index contributed by atoms with van der Waals surface area (Å²) >= 11 is 12.2. The number of aliphatic hydroxyl groups excluding tert-OH is 1. The molecule has 3 atom stereocenters. The fourth-order valence-corrected chi connectivity index (χ4v) is 4.54. The summed E-state index contributed by atoms with van der Waals surface area (Å²) in [5.74, 6) is 1.51. The minimum absolute atomic E-state index is 0.0698. The molecule has 2 saturated carbocycles. The zero-order valence-electron chi connectivity index (χ0n) is 10.3. The quantitative estimate of drug-likeness (QED) is 0.876. The van der Waals surface area contributed by atoms with Crippen molar-refractivity contribution in [2.45, 2.75) is 32.1 Å². The van der Waals surface area contributed by atoms with Gasteiger partial charge in [0.2, 0.25) is 0 Å². The number of benzene rings is 1. The first-order valence-electron chi connectivity index (χ1n) is 6.68. The molecule has 3 unspecified atom stereocenters. The minimum Gasteiger partial charge on any atom is -0.396 e. The topological polar surface area (TPSA) is 20.2 Å². The van der Waals surface area contributed by atoms with Gasteiger partial charge in [-0.1, -0.05) is 35.7 Å². The molecule has 0 spiro atoms. The molecule has 0 heterocycles. The molecular weight excluding hydrogens is 267 g/mol. The number of aliphatic hydroxyl groups is 1. The second kappa shape index (κ2) is 4.70. The lowest BCUT2D eigenvalue weighted by Gasteiger charge is -2.36. The summed E-state index contributed by atoms with van der Waals surface area (Å²) in [5.41, 5.74) is 1.20. The van der Waals surface area contributed by atoms with Crippen LogP contribution >= 0.6 is 23.2 Å². The van der Waals surface area contributed by atoms with Crippen LogP contribution in [-0.2, 0) is 6.42 Å². The fraction of sp³-hybridized carbons (Fsp3) is 0.600. The summed E-state index contributed by atoms with van der Waals surface area (Å²) < 4.78 is 0. The number of fused-ring (bicyclic) bond motifs is 2. The zero-order chi connectivity index (χ0) is 12.8. The highest BCUT2D eigenvalue weighted by Crippen LogP contribution is 2.57. The monoisotopic (exact) mass is 284 g/mol. The second-order valence-corrected chi connectivity index (χ2v) is 6.86. The Morgan fingerprint density at radius 3 is 2.67 bits per heavy atom. The summed E-state index contributed by atoms with van der Waals surface area (Å²) in [4.78, 5) is 0. The molecule has 1 aromatic carbocycles. The van der Waals surface area contributed by atoms with Crippen LogP contribution in [0.3, 0.4) is 0 Å². The first-order valence-corrected chi connectivity index (χ1v) is 7.43. The third-order valence-electron chi connectivity index (χ3n) is 4.97. The third-order valence-corrected chi connectivity index (χ3v) is 5.56. The van der Waals surface area contributed by atoms with E-state index in [0.29, 0.717) is 10.9 Å². The van der Waals surface area contributed by atoms with Gasteiger partial charge in [-0.25, -0.2) is 0 Å². The van der Waals surface area contributed by atoms with Gasteiger partial charge in [0.15, 0.2) is 0 Å². The summed E-state index contributed by atoms with van der Waals surface area (Å²) in [7, 11) is 0. The number of halogens is 2. The van der Waals surface area contributed by atoms with Crippen molar-refractivity contribution in [3.63, 3.8) is 0 Å². The molecule has 3 rings (SSSR count). The Kier molecular flexibility index (Phi) is 3.34. The van der Waals surface area contributed by atoms with Crippen molar-refractivity contribution in [3.8, 4) is 0 Å². The molecule has 0 aromatic heterocycles. The van der Waals surface area contributed by atoms with Crippen LogP contribution in [0.1, 0.15) is 31.2 Å². The van der Waals surface area contributed by atoms with Gasteiger partial charge in [-0.2, -0.15) is 0 Å². The maximum Gasteiger partial charge on any atom is 0.0493 e. The van der Waals surface area contributed by atoms with Crippen LogP contribution in [0.2, 0.25) is 10.0 Å². The average Bonchev–Trinajstić information content (AvgIpc) is 2.93. The van der Waals surface area contributed by atoms with Crippen molar-refractivity contribution in [2.75, 3.05) is 6.61 Å². The van der Waals surface area contributed by atoms with Gasteiger partial charge in [-0.3, -0.25) is 0 Å². The molecule has 2 aliphatic carbocycles. The van der Waals surface area contributed by atoms with Crippen molar-refractivity contribution in [1.82, 2.24) is 0 Å². The largest absolute Gasteiger partial charge is 0.396 e. The first-order chi connectivity index (χ1) is 8.63. The van der Waals surface area contributed by atoms with E-state index in [4.69, 9.17) is 23.2 Å². The highest BCUT2D eigenvalue weighted by Gasteiger charge is 2.50. The maximum atomic E-state index is 9.88. The predicted molar refractivity (Wildman–Crippen MR) is 75.1 cm³/mol. The van der Waals surface area contributed by atoms with E-state index in [0.717, 1.165) is 29.3 Å². The lowest BCUT2D eigenvalue weighted by molar-refractivity contribution is 0.0652. The van der Waals surface area contributed by atoms with Crippen LogP contribution in [0.25, 0.3) is 0 Å². The molecule has 1 nitrogen and oxygen atoms in total. The van der Waals surface area contributed by atoms with E-state index < -0.39 is 0 Å². The third kappa shape index (κ3) is 2.07. The highest BCUT2D eigenvalue weighted by molar-refractivity contribution is 6.35. The SMILES string of the molecule is OCC1(Cc2ccc(Cl)cc2Cl)CC2CCC1C2. The predicted octanol–water partition coefficient (Wildman–Crippen LogP) is 4.33. The van der Waals surface area contributed by atoms with Crippen LogP contribution in [0.15, 0.2) is 18.2 Å². The number of rotatable bonds is 3. The highest BCUT2D eigenvalue weighted by atomic mass is 35.5. The standard InChI is InChI=1S/C15H18Cl2O/c16-13-4-2-11(14(17)6-13)8-15(9-18)7-10-1-3-12(15)5-10/h2,4,6,10,12,18H,1,3,5,7-9H2. The lowest BCUT2D eigenvalue weighted by atomic mass is 9.70. The van der Waals surface area contributed by atoms with Gasteiger partial charge >= 0.3 is 0 Å². The Morgan fingerprint density at radius 2 is 2.11 bits per heavy atom. The van der Waals surface area contributed by atoms with Crippen molar-refractivity contribution < 1.29 is 5.11 Å². The average molecular weight is 285 g/mol. The minimum atomic E-state index is 0.0698. The van der Waals surface area contributed by atoms with E-state index in [1.807, 2.05) is 12.1 Å². The van der Waals surface area contributed by atoms with E-state index in [9.17, 15) is 5.11 Å². The van der Waals surface area contributed by atoms with E-state index in [-0.39, 0.29) is 12.0 Å². The Bertz CT molecular complexity index is 460. The Morgan fingerprint density at radius 1 is 1.28 bits per heavy atom. The molecule has 18 heavy (non-hydrogen) atoms. The van der Waals surface area contributed by atoms with E-state index in [1.165, 1.54) is 19.3 Å². The van der Waals surface area contributed by atoms with Crippen molar-refractivity contribution >= 4 is 23.2 Å².